The van der Waals surface area contributed by atoms with Gasteiger partial charge in [0.25, 0.3) is 5.91 Å². The summed E-state index contributed by atoms with van der Waals surface area (Å²) >= 11 is 0. The lowest BCUT2D eigenvalue weighted by atomic mass is 10.1. The van der Waals surface area contributed by atoms with Gasteiger partial charge in [0, 0.05) is 38.1 Å². The topological polar surface area (TPSA) is 114 Å². The Morgan fingerprint density at radius 1 is 1.40 bits per heavy atom. The molecule has 1 fully saturated rings. The fraction of sp³-hybridized carbons (Fsp3) is 0.600. The number of carbonyl (C=O) groups is 1. The number of carbonyl (C=O) groups excluding carboxylic acids is 1. The predicted molar refractivity (Wildman–Crippen MR) is 113 cm³/mol. The lowest BCUT2D eigenvalue weighted by Crippen LogP contribution is -2.43. The molecule has 1 amide bonds. The molecule has 1 saturated heterocycles. The van der Waals surface area contributed by atoms with Crippen LogP contribution in [-0.4, -0.2) is 75.5 Å². The number of nitriles is 1. The highest BCUT2D eigenvalue weighted by Crippen LogP contribution is 2.22. The van der Waals surface area contributed by atoms with Gasteiger partial charge in [-0.25, -0.2) is 8.42 Å². The summed E-state index contributed by atoms with van der Waals surface area (Å²) in [6.07, 6.45) is 1.53. The third-order valence-electron chi connectivity index (χ3n) is 5.05. The Morgan fingerprint density at radius 3 is 2.67 bits per heavy atom. The molecule has 9 nitrogen and oxygen atoms in total. The second-order valence-electron chi connectivity index (χ2n) is 7.25. The molecule has 166 valence electrons. The number of hydrogen-bond acceptors (Lipinski definition) is 6. The second kappa shape index (κ2) is 10.7. The van der Waals surface area contributed by atoms with E-state index >= 15 is 0 Å². The quantitative estimate of drug-likeness (QED) is 0.454. The number of ether oxygens (including phenoxy) is 2. The zero-order chi connectivity index (χ0) is 22.3. The van der Waals surface area contributed by atoms with Crippen LogP contribution >= 0.6 is 0 Å². The fourth-order valence-electron chi connectivity index (χ4n) is 3.59. The number of morpholine rings is 1. The largest absolute Gasteiger partial charge is 0.383 e. The Bertz CT molecular complexity index is 924. The molecular formula is C20H30N4O5S. The lowest BCUT2D eigenvalue weighted by Gasteiger charge is -2.26. The molecule has 0 aromatic carbocycles. The van der Waals surface area contributed by atoms with Gasteiger partial charge in [-0.05, 0) is 38.5 Å². The summed E-state index contributed by atoms with van der Waals surface area (Å²) in [7, 11) is -1.83. The summed E-state index contributed by atoms with van der Waals surface area (Å²) < 4.78 is 38.5. The summed E-state index contributed by atoms with van der Waals surface area (Å²) in [6, 6.07) is 3.93. The highest BCUT2D eigenvalue weighted by molar-refractivity contribution is 7.89. The van der Waals surface area contributed by atoms with E-state index in [2.05, 4.69) is 9.88 Å². The maximum atomic E-state index is 12.4. The summed E-state index contributed by atoms with van der Waals surface area (Å²) in [4.78, 5) is 12.4. The van der Waals surface area contributed by atoms with Crippen LogP contribution in [0.5, 0.6) is 0 Å². The van der Waals surface area contributed by atoms with Crippen molar-refractivity contribution < 1.29 is 22.7 Å². The van der Waals surface area contributed by atoms with E-state index in [1.807, 2.05) is 32.9 Å². The highest BCUT2D eigenvalue weighted by Gasteiger charge is 2.24. The van der Waals surface area contributed by atoms with Crippen LogP contribution in [0.15, 0.2) is 11.6 Å². The first-order chi connectivity index (χ1) is 14.2. The minimum absolute atomic E-state index is 0.0680. The third kappa shape index (κ3) is 5.92. The molecule has 1 atom stereocenters. The van der Waals surface area contributed by atoms with E-state index in [1.54, 1.807) is 7.11 Å². The van der Waals surface area contributed by atoms with E-state index in [1.165, 1.54) is 10.4 Å². The maximum Gasteiger partial charge on any atom is 0.261 e. The zero-order valence-electron chi connectivity index (χ0n) is 18.0. The molecule has 0 saturated carbocycles. The van der Waals surface area contributed by atoms with Crippen molar-refractivity contribution in [3.8, 4) is 6.07 Å². The first kappa shape index (κ1) is 24.1. The van der Waals surface area contributed by atoms with Crippen molar-refractivity contribution in [2.45, 2.75) is 26.8 Å². The van der Waals surface area contributed by atoms with Gasteiger partial charge >= 0.3 is 0 Å². The molecule has 1 aliphatic heterocycles. The predicted octanol–water partition coefficient (Wildman–Crippen LogP) is 0.998. The molecule has 30 heavy (non-hydrogen) atoms. The highest BCUT2D eigenvalue weighted by atomic mass is 32.2. The molecule has 2 heterocycles. The van der Waals surface area contributed by atoms with E-state index in [0.717, 1.165) is 17.0 Å². The van der Waals surface area contributed by atoms with Crippen LogP contribution in [0.4, 0.5) is 0 Å². The Morgan fingerprint density at radius 2 is 2.07 bits per heavy atom. The van der Waals surface area contributed by atoms with Crippen LogP contribution in [0.1, 0.15) is 29.9 Å². The number of aromatic nitrogens is 1. The summed E-state index contributed by atoms with van der Waals surface area (Å²) in [5, 5.41) is 12.0. The number of nitrogens with zero attached hydrogens (tertiary/aromatic N) is 3. The molecule has 1 aliphatic rings. The normalized spacial score (nSPS) is 16.8. The van der Waals surface area contributed by atoms with Gasteiger partial charge in [-0.3, -0.25) is 4.79 Å². The Balaban J connectivity index is 2.05. The number of aryl methyl sites for hydroxylation is 1. The Hall–Kier alpha value is -2.19. The van der Waals surface area contributed by atoms with E-state index < -0.39 is 15.9 Å². The van der Waals surface area contributed by atoms with E-state index in [9.17, 15) is 18.5 Å². The van der Waals surface area contributed by atoms with Gasteiger partial charge in [-0.2, -0.15) is 9.57 Å². The smallest absolute Gasteiger partial charge is 0.261 e. The number of rotatable bonds is 9. The maximum absolute atomic E-state index is 12.4. The van der Waals surface area contributed by atoms with Crippen LogP contribution in [-0.2, 0) is 24.3 Å². The average Bonchev–Trinajstić information content (AvgIpc) is 2.99. The monoisotopic (exact) mass is 438 g/mol. The summed E-state index contributed by atoms with van der Waals surface area (Å²) in [5.41, 5.74) is 2.62. The van der Waals surface area contributed by atoms with Gasteiger partial charge in [0.15, 0.2) is 0 Å². The van der Waals surface area contributed by atoms with E-state index in [-0.39, 0.29) is 23.9 Å². The minimum Gasteiger partial charge on any atom is -0.383 e. The molecule has 1 aromatic heterocycles. The molecule has 1 aromatic rings. The molecule has 0 bridgehead atoms. The zero-order valence-corrected chi connectivity index (χ0v) is 18.8. The number of sulfonamides is 1. The molecule has 2 rings (SSSR count). The molecule has 0 aliphatic carbocycles. The number of methoxy groups -OCH3 is 1. The number of amides is 1. The van der Waals surface area contributed by atoms with Gasteiger partial charge in [-0.1, -0.05) is 0 Å². The van der Waals surface area contributed by atoms with E-state index in [0.29, 0.717) is 32.9 Å². The molecule has 0 spiro atoms. The van der Waals surface area contributed by atoms with Gasteiger partial charge in [0.1, 0.15) is 11.6 Å². The van der Waals surface area contributed by atoms with Gasteiger partial charge in [-0.15, -0.1) is 0 Å². The van der Waals surface area contributed by atoms with Gasteiger partial charge in [0.2, 0.25) is 10.0 Å². The SMILES string of the molecule is COCC(C)n1c(C)cc(/C=C(/C#N)C(=O)NCCS(=O)(=O)N2CCOCC2)c1C. The first-order valence-electron chi connectivity index (χ1n) is 9.84. The first-order valence-corrected chi connectivity index (χ1v) is 11.4. The van der Waals surface area contributed by atoms with Crippen molar-refractivity contribution in [3.63, 3.8) is 0 Å². The average molecular weight is 439 g/mol. The van der Waals surface area contributed by atoms with Crippen LogP contribution in [0.25, 0.3) is 6.08 Å². The number of nitrogens with one attached hydrogen (secondary N) is 1. The van der Waals surface area contributed by atoms with Crippen molar-refractivity contribution in [3.05, 3.63) is 28.6 Å². The molecule has 0 radical (unpaired) electrons. The van der Waals surface area contributed by atoms with E-state index in [4.69, 9.17) is 9.47 Å². The minimum atomic E-state index is -3.47. The van der Waals surface area contributed by atoms with Crippen molar-refractivity contribution >= 4 is 22.0 Å². The summed E-state index contributed by atoms with van der Waals surface area (Å²) in [6.45, 7) is 7.76. The lowest BCUT2D eigenvalue weighted by molar-refractivity contribution is -0.116. The standard InChI is InChI=1S/C20H30N4O5S/c1-15-11-18(17(3)24(15)16(2)14-28-4)12-19(13-21)20(25)22-5-10-30(26,27)23-6-8-29-9-7-23/h11-12,16H,5-10,14H2,1-4H3,(H,22,25)/b19-12-. The fourth-order valence-corrected chi connectivity index (χ4v) is 4.91. The van der Waals surface area contributed by atoms with Gasteiger partial charge in [0.05, 0.1) is 31.6 Å². The molecule has 1 unspecified atom stereocenters. The van der Waals surface area contributed by atoms with Crippen molar-refractivity contribution in [2.24, 2.45) is 0 Å². The molecule has 1 N–H and O–H groups in total. The van der Waals surface area contributed by atoms with Crippen molar-refractivity contribution in [2.75, 3.05) is 52.3 Å². The summed E-state index contributed by atoms with van der Waals surface area (Å²) in [5.74, 6) is -0.815. The van der Waals surface area contributed by atoms with Crippen LogP contribution in [0.2, 0.25) is 0 Å². The van der Waals surface area contributed by atoms with Crippen LogP contribution in [0.3, 0.4) is 0 Å². The van der Waals surface area contributed by atoms with Crippen LogP contribution < -0.4 is 5.32 Å². The van der Waals surface area contributed by atoms with Crippen molar-refractivity contribution in [1.82, 2.24) is 14.2 Å². The number of hydrogen-bond donors (Lipinski definition) is 1. The second-order valence-corrected chi connectivity index (χ2v) is 9.34. The van der Waals surface area contributed by atoms with Gasteiger partial charge < -0.3 is 19.4 Å². The van der Waals surface area contributed by atoms with Crippen LogP contribution in [0, 0.1) is 25.2 Å². The Kier molecular flexibility index (Phi) is 8.61. The Labute approximate surface area is 178 Å². The third-order valence-corrected chi connectivity index (χ3v) is 6.92. The molecular weight excluding hydrogens is 408 g/mol. The molecule has 10 heteroatoms. The van der Waals surface area contributed by atoms with Crippen molar-refractivity contribution in [1.29, 1.82) is 5.26 Å².